The minimum absolute atomic E-state index is 0.274. The molecule has 0 saturated carbocycles. The van der Waals surface area contributed by atoms with Crippen molar-refractivity contribution in [3.63, 3.8) is 0 Å². The van der Waals surface area contributed by atoms with Gasteiger partial charge in [-0.05, 0) is 0 Å². The topological polar surface area (TPSA) is 35.5 Å². The van der Waals surface area contributed by atoms with E-state index in [4.69, 9.17) is 0 Å². The average Bonchev–Trinajstić information content (AvgIpc) is 2.11. The summed E-state index contributed by atoms with van der Waals surface area (Å²) in [5, 5.41) is 0. The number of allylic oxidation sites excluding steroid dienone is 1. The number of halogens is 3. The first-order chi connectivity index (χ1) is 4.50. The molecular formula is C3HF3O3S. The van der Waals surface area contributed by atoms with Crippen LogP contribution in [-0.2, 0) is 19.7 Å². The van der Waals surface area contributed by atoms with Gasteiger partial charge in [-0.1, -0.05) is 0 Å². The highest BCUT2D eigenvalue weighted by molar-refractivity contribution is 7.75. The average molecular weight is 174 g/mol. The molecule has 1 aliphatic rings. The highest BCUT2D eigenvalue weighted by Gasteiger charge is 2.41. The summed E-state index contributed by atoms with van der Waals surface area (Å²) in [6.45, 7) is 0. The van der Waals surface area contributed by atoms with E-state index in [9.17, 15) is 17.4 Å². The van der Waals surface area contributed by atoms with Crippen LogP contribution < -0.4 is 0 Å². The van der Waals surface area contributed by atoms with Gasteiger partial charge in [-0.15, -0.1) is 0 Å². The van der Waals surface area contributed by atoms with Gasteiger partial charge in [0.25, 0.3) is 5.76 Å². The molecule has 0 spiro atoms. The Morgan fingerprint density at radius 1 is 1.50 bits per heavy atom. The van der Waals surface area contributed by atoms with Crippen molar-refractivity contribution in [3.05, 3.63) is 12.0 Å². The second-order valence-corrected chi connectivity index (χ2v) is 2.13. The standard InChI is InChI=1S/C3HF3O3S/c4-3(5,6)2-1-8-10(7)9-2/h1H. The van der Waals surface area contributed by atoms with Crippen LogP contribution in [0.5, 0.6) is 0 Å². The lowest BCUT2D eigenvalue weighted by atomic mass is 10.5. The third-order valence-electron chi connectivity index (χ3n) is 0.671. The van der Waals surface area contributed by atoms with Crippen molar-refractivity contribution < 1.29 is 25.7 Å². The summed E-state index contributed by atoms with van der Waals surface area (Å²) in [6, 6.07) is 0. The first kappa shape index (κ1) is 7.39. The summed E-state index contributed by atoms with van der Waals surface area (Å²) in [7, 11) is 0. The summed E-state index contributed by atoms with van der Waals surface area (Å²) < 4.78 is 52.2. The van der Waals surface area contributed by atoms with Gasteiger partial charge in [-0.25, -0.2) is 0 Å². The Morgan fingerprint density at radius 2 is 2.10 bits per heavy atom. The first-order valence-corrected chi connectivity index (χ1v) is 3.05. The Kier molecular flexibility index (Phi) is 1.59. The van der Waals surface area contributed by atoms with E-state index in [-0.39, 0.29) is 6.26 Å². The monoisotopic (exact) mass is 174 g/mol. The van der Waals surface area contributed by atoms with Crippen LogP contribution in [0, 0.1) is 0 Å². The molecule has 0 radical (unpaired) electrons. The maximum Gasteiger partial charge on any atom is 0.454 e. The number of hydrogen-bond donors (Lipinski definition) is 0. The van der Waals surface area contributed by atoms with Crippen molar-refractivity contribution >= 4 is 11.4 Å². The Bertz CT molecular complexity index is 196. The maximum atomic E-state index is 11.5. The molecular weight excluding hydrogens is 173 g/mol. The van der Waals surface area contributed by atoms with E-state index >= 15 is 0 Å². The summed E-state index contributed by atoms with van der Waals surface area (Å²) in [4.78, 5) is 0. The fourth-order valence-electron chi connectivity index (χ4n) is 0.310. The smallest absolute Gasteiger partial charge is 0.375 e. The zero-order valence-corrected chi connectivity index (χ0v) is 5.16. The van der Waals surface area contributed by atoms with E-state index < -0.39 is 23.3 Å². The summed E-state index contributed by atoms with van der Waals surface area (Å²) in [5.41, 5.74) is 0. The molecule has 1 rings (SSSR count). The Morgan fingerprint density at radius 3 is 2.30 bits per heavy atom. The van der Waals surface area contributed by atoms with Crippen molar-refractivity contribution in [2.45, 2.75) is 6.18 Å². The lowest BCUT2D eigenvalue weighted by Crippen LogP contribution is -2.11. The van der Waals surface area contributed by atoms with Crippen LogP contribution >= 0.6 is 0 Å². The molecule has 58 valence electrons. The van der Waals surface area contributed by atoms with Crippen molar-refractivity contribution in [1.29, 1.82) is 0 Å². The summed E-state index contributed by atoms with van der Waals surface area (Å²) in [5.74, 6) is -1.37. The molecule has 0 N–H and O–H groups in total. The zero-order valence-electron chi connectivity index (χ0n) is 4.34. The lowest BCUT2D eigenvalue weighted by Gasteiger charge is -2.01. The molecule has 1 heterocycles. The lowest BCUT2D eigenvalue weighted by molar-refractivity contribution is -0.114. The molecule has 0 aromatic heterocycles. The number of rotatable bonds is 0. The van der Waals surface area contributed by atoms with Gasteiger partial charge in [0, 0.05) is 0 Å². The SMILES string of the molecule is O=S1OC=C(C(F)(F)F)O1. The highest BCUT2D eigenvalue weighted by Crippen LogP contribution is 2.30. The van der Waals surface area contributed by atoms with E-state index in [1.807, 2.05) is 0 Å². The van der Waals surface area contributed by atoms with E-state index in [1.54, 1.807) is 0 Å². The molecule has 0 fully saturated rings. The molecule has 0 bridgehead atoms. The van der Waals surface area contributed by atoms with Gasteiger partial charge in [-0.2, -0.15) is 17.4 Å². The number of alkyl halides is 3. The van der Waals surface area contributed by atoms with Crippen LogP contribution in [0.1, 0.15) is 0 Å². The predicted molar refractivity (Wildman–Crippen MR) is 24.5 cm³/mol. The largest absolute Gasteiger partial charge is 0.454 e. The quantitative estimate of drug-likeness (QED) is 0.549. The zero-order chi connectivity index (χ0) is 7.78. The van der Waals surface area contributed by atoms with Crippen molar-refractivity contribution in [1.82, 2.24) is 0 Å². The van der Waals surface area contributed by atoms with E-state index in [0.29, 0.717) is 0 Å². The molecule has 0 saturated heterocycles. The predicted octanol–water partition coefficient (Wildman–Crippen LogP) is 1.02. The minimum Gasteiger partial charge on any atom is -0.375 e. The minimum atomic E-state index is -4.62. The van der Waals surface area contributed by atoms with Crippen LogP contribution in [0.4, 0.5) is 13.2 Å². The van der Waals surface area contributed by atoms with Gasteiger partial charge in [0.1, 0.15) is 0 Å². The van der Waals surface area contributed by atoms with E-state index in [1.165, 1.54) is 0 Å². The molecule has 0 aromatic carbocycles. The number of hydrogen-bond acceptors (Lipinski definition) is 3. The molecule has 10 heavy (non-hydrogen) atoms. The van der Waals surface area contributed by atoms with Crippen LogP contribution in [0.3, 0.4) is 0 Å². The van der Waals surface area contributed by atoms with Gasteiger partial charge in [-0.3, -0.25) is 0 Å². The summed E-state index contributed by atoms with van der Waals surface area (Å²) >= 11 is -2.31. The molecule has 1 unspecified atom stereocenters. The van der Waals surface area contributed by atoms with Gasteiger partial charge < -0.3 is 8.37 Å². The van der Waals surface area contributed by atoms with Gasteiger partial charge in [0.2, 0.25) is 0 Å². The third kappa shape index (κ3) is 1.41. The van der Waals surface area contributed by atoms with Gasteiger partial charge >= 0.3 is 17.5 Å². The second-order valence-electron chi connectivity index (χ2n) is 1.36. The van der Waals surface area contributed by atoms with Gasteiger partial charge in [0.05, 0.1) is 0 Å². The molecule has 0 aliphatic carbocycles. The Labute approximate surface area is 56.3 Å². The van der Waals surface area contributed by atoms with Crippen molar-refractivity contribution in [3.8, 4) is 0 Å². The molecule has 3 nitrogen and oxygen atoms in total. The highest BCUT2D eigenvalue weighted by atomic mass is 32.2. The van der Waals surface area contributed by atoms with Crippen molar-refractivity contribution in [2.75, 3.05) is 0 Å². The van der Waals surface area contributed by atoms with Crippen LogP contribution in [-0.4, -0.2) is 10.4 Å². The van der Waals surface area contributed by atoms with Crippen molar-refractivity contribution in [2.24, 2.45) is 0 Å². The van der Waals surface area contributed by atoms with Crippen LogP contribution in [0.2, 0.25) is 0 Å². The maximum absolute atomic E-state index is 11.5. The summed E-state index contributed by atoms with van der Waals surface area (Å²) in [6.07, 6.45) is -4.34. The van der Waals surface area contributed by atoms with Crippen LogP contribution in [0.25, 0.3) is 0 Å². The van der Waals surface area contributed by atoms with E-state index in [2.05, 4.69) is 8.37 Å². The van der Waals surface area contributed by atoms with E-state index in [0.717, 1.165) is 0 Å². The van der Waals surface area contributed by atoms with Gasteiger partial charge in [0.15, 0.2) is 6.26 Å². The molecule has 7 heteroatoms. The third-order valence-corrected chi connectivity index (χ3v) is 1.24. The normalized spacial score (nSPS) is 25.1. The fraction of sp³-hybridized carbons (Fsp3) is 0.333. The molecule has 0 amide bonds. The Balaban J connectivity index is 2.69. The molecule has 0 aromatic rings. The van der Waals surface area contributed by atoms with Crippen LogP contribution in [0.15, 0.2) is 12.0 Å². The molecule has 1 aliphatic heterocycles. The molecule has 1 atom stereocenters. The first-order valence-electron chi connectivity index (χ1n) is 2.05. The second kappa shape index (κ2) is 2.15. The Hall–Kier alpha value is -0.720. The fourth-order valence-corrected chi connectivity index (χ4v) is 0.795.